The van der Waals surface area contributed by atoms with Gasteiger partial charge in [0.25, 0.3) is 11.7 Å². The van der Waals surface area contributed by atoms with Gasteiger partial charge in [-0.05, 0) is 131 Å². The molecular weight excluding hydrogens is 939 g/mol. The van der Waals surface area contributed by atoms with E-state index in [1.165, 1.54) is 19.1 Å². The van der Waals surface area contributed by atoms with Crippen LogP contribution in [-0.4, -0.2) is 144 Å². The molecule has 15 unspecified atom stereocenters. The molecule has 1 aliphatic carbocycles. The highest BCUT2D eigenvalue weighted by atomic mass is 28.4. The van der Waals surface area contributed by atoms with Gasteiger partial charge < -0.3 is 47.6 Å². The lowest BCUT2D eigenvalue weighted by molar-refractivity contribution is -0.302. The minimum absolute atomic E-state index is 0.0348. The SMILES string of the molecule is CCC1/C=C(\C)C(O)C(C)CC(OC)C2OC(O)(C(=O)C(=O)N3CCCCC3C(=O)OC(C(C)=CC3CCC(O[Si](C)(C)C(C)(C)C)C(OC)C3)C(C)C(O[Si](C)(C)C(C)(C)C)CC1=O)C(C)CC2OC. The Morgan fingerprint density at radius 1 is 0.817 bits per heavy atom. The Hall–Kier alpha value is -2.13. The summed E-state index contributed by atoms with van der Waals surface area (Å²) in [4.78, 5) is 60.3. The molecule has 0 aromatic rings. The standard InChI is InChI=1S/C55H97NO13Si2/c1-20-39-28-33(2)47(58)34(3)29-45(64-14)49-46(65-15)30-36(5)55(62,67-49)50(59)51(60)56-26-22-21-23-40(56)52(61)66-48(37(6)43(32-41(39)57)69-71(18,19)54(10,11)12)35(4)27-38-24-25-42(44(31-38)63-13)68-70(16,17)53(7,8)9/h27-28,34,36-40,42-49,58,62H,20-26,29-32H2,1-19H3/b33-28+,35-27?. The summed E-state index contributed by atoms with van der Waals surface area (Å²) in [5.41, 5.74) is 1.41. The number of cyclic esters (lactones) is 1. The molecule has 1 saturated carbocycles. The van der Waals surface area contributed by atoms with E-state index >= 15 is 4.79 Å². The van der Waals surface area contributed by atoms with Crippen molar-refractivity contribution in [3.05, 3.63) is 23.3 Å². The first-order chi connectivity index (χ1) is 32.8. The zero-order chi connectivity index (χ0) is 53.8. The van der Waals surface area contributed by atoms with Crippen molar-refractivity contribution >= 4 is 40.1 Å². The van der Waals surface area contributed by atoms with Crippen LogP contribution < -0.4 is 0 Å². The first kappa shape index (κ1) is 61.4. The quantitative estimate of drug-likeness (QED) is 0.0917. The highest BCUT2D eigenvalue weighted by Gasteiger charge is 2.57. The lowest BCUT2D eigenvalue weighted by atomic mass is 9.81. The topological polar surface area (TPSA) is 177 Å². The molecule has 3 heterocycles. The Morgan fingerprint density at radius 3 is 1.93 bits per heavy atom. The summed E-state index contributed by atoms with van der Waals surface area (Å²) in [6.07, 6.45) is 3.53. The van der Waals surface area contributed by atoms with E-state index < -0.39 is 106 Å². The number of amides is 1. The van der Waals surface area contributed by atoms with Gasteiger partial charge in [-0.3, -0.25) is 14.4 Å². The van der Waals surface area contributed by atoms with Crippen LogP contribution in [0.1, 0.15) is 147 Å². The summed E-state index contributed by atoms with van der Waals surface area (Å²) in [6.45, 7) is 33.3. The van der Waals surface area contributed by atoms with Crippen LogP contribution in [0.2, 0.25) is 36.3 Å². The first-order valence-corrected chi connectivity index (χ1v) is 32.6. The van der Waals surface area contributed by atoms with Crippen molar-refractivity contribution in [2.45, 2.75) is 244 Å². The van der Waals surface area contributed by atoms with E-state index in [0.717, 1.165) is 18.4 Å². The van der Waals surface area contributed by atoms with Gasteiger partial charge in [0.15, 0.2) is 16.6 Å². The van der Waals surface area contributed by atoms with Crippen molar-refractivity contribution < 1.29 is 61.9 Å². The van der Waals surface area contributed by atoms with Gasteiger partial charge in [-0.2, -0.15) is 0 Å². The molecule has 16 heteroatoms. The number of methoxy groups -OCH3 is 3. The monoisotopic (exact) mass is 1040 g/mol. The molecule has 15 atom stereocenters. The van der Waals surface area contributed by atoms with Crippen molar-refractivity contribution in [1.82, 2.24) is 4.90 Å². The third-order valence-corrected chi connectivity index (χ3v) is 26.6. The van der Waals surface area contributed by atoms with Crippen molar-refractivity contribution in [3.63, 3.8) is 0 Å². The molecule has 4 aliphatic rings. The summed E-state index contributed by atoms with van der Waals surface area (Å²) >= 11 is 0. The van der Waals surface area contributed by atoms with Crippen LogP contribution in [0, 0.1) is 29.6 Å². The van der Waals surface area contributed by atoms with Crippen LogP contribution in [0.25, 0.3) is 0 Å². The van der Waals surface area contributed by atoms with Crippen molar-refractivity contribution in [2.24, 2.45) is 29.6 Å². The maximum atomic E-state index is 15.0. The van der Waals surface area contributed by atoms with Crippen LogP contribution in [0.15, 0.2) is 23.3 Å². The van der Waals surface area contributed by atoms with Crippen molar-refractivity contribution in [3.8, 4) is 0 Å². The summed E-state index contributed by atoms with van der Waals surface area (Å²) in [5, 5.41) is 23.9. The number of ether oxygens (including phenoxy) is 5. The number of rotatable bonds is 10. The van der Waals surface area contributed by atoms with Gasteiger partial charge in [-0.1, -0.05) is 81.4 Å². The van der Waals surface area contributed by atoms with Crippen LogP contribution in [-0.2, 0) is 51.7 Å². The molecule has 0 spiro atoms. The predicted molar refractivity (Wildman–Crippen MR) is 282 cm³/mol. The molecule has 408 valence electrons. The highest BCUT2D eigenvalue weighted by Crippen LogP contribution is 2.44. The molecule has 0 radical (unpaired) electrons. The normalized spacial score (nSPS) is 37.4. The number of ketones is 2. The number of carbonyl (C=O) groups excluding carboxylic acids is 4. The van der Waals surface area contributed by atoms with Crippen molar-refractivity contribution in [2.75, 3.05) is 27.9 Å². The zero-order valence-corrected chi connectivity index (χ0v) is 49.3. The van der Waals surface area contributed by atoms with E-state index in [2.05, 4.69) is 73.8 Å². The minimum atomic E-state index is -2.59. The Balaban J connectivity index is 1.89. The van der Waals surface area contributed by atoms with Crippen molar-refractivity contribution in [1.29, 1.82) is 0 Å². The smallest absolute Gasteiger partial charge is 0.329 e. The number of nitrogens with zero attached hydrogens (tertiary/aromatic N) is 1. The Morgan fingerprint density at radius 2 is 1.38 bits per heavy atom. The van der Waals surface area contributed by atoms with E-state index in [4.69, 9.17) is 32.5 Å². The Labute approximate surface area is 430 Å². The zero-order valence-electron chi connectivity index (χ0n) is 47.3. The van der Waals surface area contributed by atoms with E-state index in [9.17, 15) is 24.6 Å². The summed E-state index contributed by atoms with van der Waals surface area (Å²) in [5.74, 6) is -7.82. The molecule has 1 amide bonds. The third kappa shape index (κ3) is 14.4. The molecule has 3 aliphatic heterocycles. The molecule has 0 aromatic heterocycles. The number of aliphatic hydroxyl groups excluding tert-OH is 1. The van der Waals surface area contributed by atoms with E-state index in [1.54, 1.807) is 14.0 Å². The largest absolute Gasteiger partial charge is 0.456 e. The molecule has 3 fully saturated rings. The van der Waals surface area contributed by atoms with Crippen LogP contribution in [0.4, 0.5) is 0 Å². The second-order valence-corrected chi connectivity index (χ2v) is 34.4. The number of allylic oxidation sites excluding steroid dienone is 2. The number of aliphatic hydroxyl groups is 2. The van der Waals surface area contributed by atoms with Gasteiger partial charge in [0.05, 0.1) is 36.6 Å². The second-order valence-electron chi connectivity index (χ2n) is 24.9. The molecule has 2 saturated heterocycles. The molecule has 2 N–H and O–H groups in total. The van der Waals surface area contributed by atoms with Gasteiger partial charge in [0, 0.05) is 52.0 Å². The number of hydrogen-bond acceptors (Lipinski definition) is 13. The average molecular weight is 1040 g/mol. The van der Waals surface area contributed by atoms with E-state index in [-0.39, 0.29) is 66.2 Å². The lowest BCUT2D eigenvalue weighted by Crippen LogP contribution is -2.64. The van der Waals surface area contributed by atoms with Gasteiger partial charge >= 0.3 is 5.97 Å². The van der Waals surface area contributed by atoms with Gasteiger partial charge in [-0.25, -0.2) is 4.79 Å². The lowest BCUT2D eigenvalue weighted by Gasteiger charge is -2.47. The predicted octanol–water partition coefficient (Wildman–Crippen LogP) is 9.50. The van der Waals surface area contributed by atoms with Gasteiger partial charge in [-0.15, -0.1) is 0 Å². The van der Waals surface area contributed by atoms with E-state index in [1.807, 2.05) is 40.7 Å². The maximum Gasteiger partial charge on any atom is 0.329 e. The minimum Gasteiger partial charge on any atom is -0.456 e. The maximum absolute atomic E-state index is 15.0. The Kier molecular flexibility index (Phi) is 21.4. The molecule has 0 aromatic carbocycles. The average Bonchev–Trinajstić information content (AvgIpc) is 3.30. The molecule has 4 rings (SSSR count). The summed E-state index contributed by atoms with van der Waals surface area (Å²) in [6, 6.07) is -1.13. The van der Waals surface area contributed by atoms with Crippen LogP contribution in [0.5, 0.6) is 0 Å². The fraction of sp³-hybridized carbons (Fsp3) is 0.855. The number of esters is 1. The summed E-state index contributed by atoms with van der Waals surface area (Å²) < 4.78 is 45.2. The molecule has 14 nitrogen and oxygen atoms in total. The van der Waals surface area contributed by atoms with E-state index in [0.29, 0.717) is 31.3 Å². The van der Waals surface area contributed by atoms with Crippen LogP contribution >= 0.6 is 0 Å². The molecular formula is C55H97NO13Si2. The fourth-order valence-corrected chi connectivity index (χ4v) is 13.5. The number of carbonyl (C=O) groups is 4. The third-order valence-electron chi connectivity index (χ3n) is 17.6. The van der Waals surface area contributed by atoms with Gasteiger partial charge in [0.2, 0.25) is 5.79 Å². The fourth-order valence-electron chi connectivity index (χ4n) is 10.7. The van der Waals surface area contributed by atoms with Crippen LogP contribution in [0.3, 0.4) is 0 Å². The Bertz CT molecular complexity index is 1890. The molecule has 2 bridgehead atoms. The summed E-state index contributed by atoms with van der Waals surface area (Å²) in [7, 11) is 0.0561. The number of fused-ring (bicyclic) bond motifs is 3. The first-order valence-electron chi connectivity index (χ1n) is 26.8. The highest BCUT2D eigenvalue weighted by molar-refractivity contribution is 6.74. The molecule has 71 heavy (non-hydrogen) atoms. The number of hydrogen-bond donors (Lipinski definition) is 2. The second kappa shape index (κ2) is 24.7. The number of Topliss-reactive ketones (excluding diaryl/α,β-unsaturated/α-hetero) is 2. The van der Waals surface area contributed by atoms with Gasteiger partial charge in [0.1, 0.15) is 24.0 Å². The number of piperidine rings is 1.